The van der Waals surface area contributed by atoms with Gasteiger partial charge in [0.15, 0.2) is 27.4 Å². The lowest BCUT2D eigenvalue weighted by Crippen LogP contribution is -2.39. The molecule has 172 valence electrons. The van der Waals surface area contributed by atoms with Crippen molar-refractivity contribution in [3.05, 3.63) is 66.0 Å². The molecule has 0 radical (unpaired) electrons. The summed E-state index contributed by atoms with van der Waals surface area (Å²) in [6.07, 6.45) is 0.157. The zero-order chi connectivity index (χ0) is 21.8. The number of guanidine groups is 1. The van der Waals surface area contributed by atoms with Crippen molar-refractivity contribution < 1.29 is 17.5 Å². The van der Waals surface area contributed by atoms with Crippen molar-refractivity contribution in [3.63, 3.8) is 0 Å². The van der Waals surface area contributed by atoms with E-state index in [4.69, 9.17) is 4.74 Å². The molecule has 0 saturated carbocycles. The third-order valence-corrected chi connectivity index (χ3v) is 5.85. The van der Waals surface area contributed by atoms with Crippen molar-refractivity contribution in [2.75, 3.05) is 25.4 Å². The number of para-hydroxylation sites is 1. The van der Waals surface area contributed by atoms with E-state index in [0.29, 0.717) is 32.0 Å². The lowest BCUT2D eigenvalue weighted by Gasteiger charge is -2.15. The maximum absolute atomic E-state index is 13.7. The van der Waals surface area contributed by atoms with Gasteiger partial charge in [-0.1, -0.05) is 42.5 Å². The number of rotatable bonds is 11. The molecule has 1 atom stereocenters. The molecular formula is C22H31FIN3O3S. The average molecular weight is 563 g/mol. The molecule has 0 saturated heterocycles. The molecular weight excluding hydrogens is 532 g/mol. The van der Waals surface area contributed by atoms with Crippen LogP contribution in [0.25, 0.3) is 0 Å². The summed E-state index contributed by atoms with van der Waals surface area (Å²) in [6, 6.07) is 15.4. The van der Waals surface area contributed by atoms with Crippen LogP contribution in [0.1, 0.15) is 25.8 Å². The normalized spacial score (nSPS) is 12.5. The summed E-state index contributed by atoms with van der Waals surface area (Å²) >= 11 is 0. The van der Waals surface area contributed by atoms with Crippen LogP contribution >= 0.6 is 24.0 Å². The largest absolute Gasteiger partial charge is 0.486 e. The molecule has 2 aromatic rings. The Bertz CT molecular complexity index is 911. The number of benzene rings is 2. The van der Waals surface area contributed by atoms with E-state index in [1.54, 1.807) is 18.2 Å². The van der Waals surface area contributed by atoms with Crippen LogP contribution in [0.5, 0.6) is 5.75 Å². The van der Waals surface area contributed by atoms with Gasteiger partial charge in [-0.3, -0.25) is 0 Å². The maximum atomic E-state index is 13.7. The van der Waals surface area contributed by atoms with Gasteiger partial charge in [-0.25, -0.2) is 17.8 Å². The van der Waals surface area contributed by atoms with E-state index in [0.717, 1.165) is 5.56 Å². The molecule has 0 aliphatic heterocycles. The summed E-state index contributed by atoms with van der Waals surface area (Å²) in [5.74, 6) is 0.507. The van der Waals surface area contributed by atoms with Crippen LogP contribution < -0.4 is 15.4 Å². The summed E-state index contributed by atoms with van der Waals surface area (Å²) in [5, 5.41) is 6.24. The standard InChI is InChI=1S/C22H30FN3O3S.HI/c1-3-24-22(26-16-18(2)29-21-13-8-7-12-20(21)23)25-14-9-15-30(27,28)17-19-10-5-4-6-11-19;/h4-8,10-13,18H,3,9,14-17H2,1-2H3,(H2,24,25,26);1H. The maximum Gasteiger partial charge on any atom is 0.191 e. The van der Waals surface area contributed by atoms with E-state index < -0.39 is 15.7 Å². The zero-order valence-corrected chi connectivity index (χ0v) is 21.0. The van der Waals surface area contributed by atoms with Crippen molar-refractivity contribution in [2.24, 2.45) is 4.99 Å². The molecule has 0 aliphatic carbocycles. The Labute approximate surface area is 201 Å². The Morgan fingerprint density at radius 3 is 2.45 bits per heavy atom. The summed E-state index contributed by atoms with van der Waals surface area (Å²) < 4.78 is 43.8. The minimum Gasteiger partial charge on any atom is -0.486 e. The molecule has 0 bridgehead atoms. The Hall–Kier alpha value is -1.88. The first-order valence-corrected chi connectivity index (χ1v) is 11.9. The molecule has 0 aromatic heterocycles. The number of hydrogen-bond donors (Lipinski definition) is 2. The molecule has 2 N–H and O–H groups in total. The minimum atomic E-state index is -3.17. The number of aliphatic imine (C=N–C) groups is 1. The van der Waals surface area contributed by atoms with Crippen LogP contribution in [0, 0.1) is 5.82 Å². The molecule has 31 heavy (non-hydrogen) atoms. The van der Waals surface area contributed by atoms with Crippen LogP contribution in [0.4, 0.5) is 4.39 Å². The van der Waals surface area contributed by atoms with Gasteiger partial charge in [0.25, 0.3) is 0 Å². The number of nitrogens with zero attached hydrogens (tertiary/aromatic N) is 1. The van der Waals surface area contributed by atoms with Crippen molar-refractivity contribution in [2.45, 2.75) is 32.1 Å². The van der Waals surface area contributed by atoms with Gasteiger partial charge in [-0.05, 0) is 38.0 Å². The van der Waals surface area contributed by atoms with Crippen LogP contribution in [0.15, 0.2) is 59.6 Å². The van der Waals surface area contributed by atoms with Crippen molar-refractivity contribution in [3.8, 4) is 5.75 Å². The summed E-state index contributed by atoms with van der Waals surface area (Å²) in [7, 11) is -3.17. The fraction of sp³-hybridized carbons (Fsp3) is 0.409. The van der Waals surface area contributed by atoms with E-state index >= 15 is 0 Å². The predicted octanol–water partition coefficient (Wildman–Crippen LogP) is 3.77. The molecule has 0 spiro atoms. The topological polar surface area (TPSA) is 79.8 Å². The average Bonchev–Trinajstić information content (AvgIpc) is 2.71. The number of nitrogens with one attached hydrogen (secondary N) is 2. The van der Waals surface area contributed by atoms with Gasteiger partial charge >= 0.3 is 0 Å². The molecule has 0 amide bonds. The van der Waals surface area contributed by atoms with Gasteiger partial charge in [-0.15, -0.1) is 24.0 Å². The lowest BCUT2D eigenvalue weighted by atomic mass is 10.2. The first kappa shape index (κ1) is 27.2. The molecule has 9 heteroatoms. The molecule has 0 aliphatic rings. The van der Waals surface area contributed by atoms with Crippen molar-refractivity contribution in [1.82, 2.24) is 10.6 Å². The van der Waals surface area contributed by atoms with E-state index in [-0.39, 0.29) is 47.3 Å². The van der Waals surface area contributed by atoms with Gasteiger partial charge in [0.1, 0.15) is 6.10 Å². The summed E-state index contributed by atoms with van der Waals surface area (Å²) in [4.78, 5) is 4.44. The fourth-order valence-corrected chi connectivity index (χ4v) is 4.18. The van der Waals surface area contributed by atoms with E-state index in [9.17, 15) is 12.8 Å². The quantitative estimate of drug-likeness (QED) is 0.188. The third-order valence-electron chi connectivity index (χ3n) is 4.17. The first-order chi connectivity index (χ1) is 14.4. The first-order valence-electron chi connectivity index (χ1n) is 10.1. The fourth-order valence-electron chi connectivity index (χ4n) is 2.76. The Kier molecular flexibility index (Phi) is 12.5. The number of halogens is 2. The predicted molar refractivity (Wildman–Crippen MR) is 134 cm³/mol. The Morgan fingerprint density at radius 2 is 1.77 bits per heavy atom. The summed E-state index contributed by atoms with van der Waals surface area (Å²) in [5.41, 5.74) is 0.796. The van der Waals surface area contributed by atoms with Crippen molar-refractivity contribution in [1.29, 1.82) is 0 Å². The SMILES string of the molecule is CCNC(=NCC(C)Oc1ccccc1F)NCCCS(=O)(=O)Cc1ccccc1.I. The molecule has 6 nitrogen and oxygen atoms in total. The Balaban J connectivity index is 0.00000480. The van der Waals surface area contributed by atoms with Crippen LogP contribution in [-0.2, 0) is 15.6 Å². The smallest absolute Gasteiger partial charge is 0.191 e. The van der Waals surface area contributed by atoms with Crippen LogP contribution in [0.2, 0.25) is 0 Å². The third kappa shape index (κ3) is 10.8. The highest BCUT2D eigenvalue weighted by atomic mass is 127. The number of hydrogen-bond acceptors (Lipinski definition) is 4. The van der Waals surface area contributed by atoms with E-state index in [2.05, 4.69) is 15.6 Å². The van der Waals surface area contributed by atoms with E-state index in [1.165, 1.54) is 6.07 Å². The van der Waals surface area contributed by atoms with E-state index in [1.807, 2.05) is 44.2 Å². The van der Waals surface area contributed by atoms with Gasteiger partial charge in [0, 0.05) is 13.1 Å². The minimum absolute atomic E-state index is 0. The molecule has 2 aromatic carbocycles. The monoisotopic (exact) mass is 563 g/mol. The Morgan fingerprint density at radius 1 is 1.10 bits per heavy atom. The zero-order valence-electron chi connectivity index (χ0n) is 17.9. The lowest BCUT2D eigenvalue weighted by molar-refractivity contribution is 0.220. The highest BCUT2D eigenvalue weighted by Crippen LogP contribution is 2.17. The number of ether oxygens (including phenoxy) is 1. The van der Waals surface area contributed by atoms with Gasteiger partial charge in [-0.2, -0.15) is 0 Å². The van der Waals surface area contributed by atoms with Gasteiger partial charge < -0.3 is 15.4 Å². The van der Waals surface area contributed by atoms with Crippen molar-refractivity contribution >= 4 is 39.8 Å². The molecule has 0 heterocycles. The highest BCUT2D eigenvalue weighted by Gasteiger charge is 2.12. The second-order valence-electron chi connectivity index (χ2n) is 6.94. The molecule has 1 unspecified atom stereocenters. The number of sulfone groups is 1. The van der Waals surface area contributed by atoms with Crippen LogP contribution in [0.3, 0.4) is 0 Å². The van der Waals surface area contributed by atoms with Gasteiger partial charge in [0.2, 0.25) is 0 Å². The summed E-state index contributed by atoms with van der Waals surface area (Å²) in [6.45, 7) is 5.23. The molecule has 2 rings (SSSR count). The highest BCUT2D eigenvalue weighted by molar-refractivity contribution is 14.0. The second-order valence-corrected chi connectivity index (χ2v) is 9.12. The second kappa shape index (κ2) is 14.2. The van der Waals surface area contributed by atoms with Gasteiger partial charge in [0.05, 0.1) is 18.1 Å². The van der Waals surface area contributed by atoms with Crippen LogP contribution in [-0.4, -0.2) is 45.9 Å². The molecule has 0 fully saturated rings.